The van der Waals surface area contributed by atoms with E-state index in [4.69, 9.17) is 5.73 Å². The Kier molecular flexibility index (Phi) is 5.12. The summed E-state index contributed by atoms with van der Waals surface area (Å²) < 4.78 is 13.2. The molecule has 0 heterocycles. The quantitative estimate of drug-likeness (QED) is 0.899. The summed E-state index contributed by atoms with van der Waals surface area (Å²) in [7, 11) is 0. The second-order valence-electron chi connectivity index (χ2n) is 5.52. The van der Waals surface area contributed by atoms with Crippen LogP contribution in [0.5, 0.6) is 0 Å². The molecule has 0 saturated heterocycles. The van der Waals surface area contributed by atoms with Crippen molar-refractivity contribution in [1.82, 2.24) is 4.90 Å². The Bertz CT molecular complexity index is 464. The molecule has 1 aliphatic rings. The van der Waals surface area contributed by atoms with E-state index in [1.807, 2.05) is 17.9 Å². The number of rotatable bonds is 5. The Morgan fingerprint density at radius 1 is 1.45 bits per heavy atom. The summed E-state index contributed by atoms with van der Waals surface area (Å²) in [4.78, 5) is 14.4. The summed E-state index contributed by atoms with van der Waals surface area (Å²) in [5.74, 6) is 0.272. The van der Waals surface area contributed by atoms with Gasteiger partial charge in [-0.2, -0.15) is 0 Å². The summed E-state index contributed by atoms with van der Waals surface area (Å²) in [5.41, 5.74) is 6.59. The van der Waals surface area contributed by atoms with Crippen LogP contribution in [0.4, 0.5) is 4.39 Å². The lowest BCUT2D eigenvalue weighted by atomic mass is 9.94. The van der Waals surface area contributed by atoms with E-state index >= 15 is 0 Å². The predicted molar refractivity (Wildman–Crippen MR) is 77.4 cm³/mol. The van der Waals surface area contributed by atoms with Crippen molar-refractivity contribution < 1.29 is 9.18 Å². The maximum atomic E-state index is 13.2. The van der Waals surface area contributed by atoms with E-state index < -0.39 is 0 Å². The van der Waals surface area contributed by atoms with E-state index in [0.717, 1.165) is 24.8 Å². The lowest BCUT2D eigenvalue weighted by molar-refractivity contribution is -0.137. The molecule has 3 nitrogen and oxygen atoms in total. The minimum atomic E-state index is -0.258. The van der Waals surface area contributed by atoms with Crippen LogP contribution in [0, 0.1) is 17.7 Å². The van der Waals surface area contributed by atoms with Gasteiger partial charge in [0.05, 0.1) is 0 Å². The first kappa shape index (κ1) is 15.0. The minimum Gasteiger partial charge on any atom is -0.338 e. The summed E-state index contributed by atoms with van der Waals surface area (Å²) >= 11 is 0. The van der Waals surface area contributed by atoms with E-state index in [-0.39, 0.29) is 17.6 Å². The molecule has 2 N–H and O–H groups in total. The van der Waals surface area contributed by atoms with Crippen LogP contribution in [0.2, 0.25) is 0 Å². The van der Waals surface area contributed by atoms with Gasteiger partial charge in [0.15, 0.2) is 0 Å². The van der Waals surface area contributed by atoms with Crippen molar-refractivity contribution in [2.75, 3.05) is 13.1 Å². The lowest BCUT2D eigenvalue weighted by Gasteiger charge is -2.27. The van der Waals surface area contributed by atoms with Gasteiger partial charge in [0.2, 0.25) is 5.91 Å². The second kappa shape index (κ2) is 6.84. The molecule has 0 unspecified atom stereocenters. The van der Waals surface area contributed by atoms with Gasteiger partial charge in [-0.3, -0.25) is 4.79 Å². The molecule has 1 aromatic rings. The van der Waals surface area contributed by atoms with Gasteiger partial charge in [-0.05, 0) is 49.9 Å². The molecule has 2 atom stereocenters. The Morgan fingerprint density at radius 3 is 2.90 bits per heavy atom. The van der Waals surface area contributed by atoms with Crippen LogP contribution in [0.15, 0.2) is 24.3 Å². The monoisotopic (exact) mass is 278 g/mol. The molecular weight excluding hydrogens is 255 g/mol. The largest absolute Gasteiger partial charge is 0.338 e. The highest BCUT2D eigenvalue weighted by atomic mass is 19.1. The maximum Gasteiger partial charge on any atom is 0.226 e. The molecule has 1 aromatic carbocycles. The normalized spacial score (nSPS) is 21.9. The first-order valence-corrected chi connectivity index (χ1v) is 7.39. The van der Waals surface area contributed by atoms with E-state index in [9.17, 15) is 9.18 Å². The van der Waals surface area contributed by atoms with Gasteiger partial charge >= 0.3 is 0 Å². The number of hydrogen-bond donors (Lipinski definition) is 1. The Labute approximate surface area is 120 Å². The van der Waals surface area contributed by atoms with Crippen molar-refractivity contribution in [1.29, 1.82) is 0 Å². The van der Waals surface area contributed by atoms with Gasteiger partial charge in [0.25, 0.3) is 0 Å². The molecule has 0 spiro atoms. The number of carbonyl (C=O) groups excluding carboxylic acids is 1. The van der Waals surface area contributed by atoms with E-state index in [1.54, 1.807) is 6.07 Å². The van der Waals surface area contributed by atoms with Gasteiger partial charge in [-0.1, -0.05) is 18.6 Å². The molecule has 1 saturated carbocycles. The van der Waals surface area contributed by atoms with Crippen molar-refractivity contribution in [2.24, 2.45) is 17.6 Å². The Morgan fingerprint density at radius 2 is 2.25 bits per heavy atom. The average Bonchev–Trinajstić information content (AvgIpc) is 2.92. The van der Waals surface area contributed by atoms with Crippen molar-refractivity contribution in [3.05, 3.63) is 35.6 Å². The van der Waals surface area contributed by atoms with Crippen LogP contribution in [0.3, 0.4) is 0 Å². The zero-order valence-electron chi connectivity index (χ0n) is 12.0. The van der Waals surface area contributed by atoms with Gasteiger partial charge in [-0.25, -0.2) is 4.39 Å². The van der Waals surface area contributed by atoms with Crippen molar-refractivity contribution in [3.8, 4) is 0 Å². The van der Waals surface area contributed by atoms with Gasteiger partial charge in [-0.15, -0.1) is 0 Å². The molecule has 0 radical (unpaired) electrons. The van der Waals surface area contributed by atoms with Crippen LogP contribution >= 0.6 is 0 Å². The Balaban J connectivity index is 2.06. The number of hydrogen-bond acceptors (Lipinski definition) is 2. The van der Waals surface area contributed by atoms with Crippen LogP contribution in [0.25, 0.3) is 0 Å². The number of benzene rings is 1. The summed E-state index contributed by atoms with van der Waals surface area (Å²) in [6, 6.07) is 6.45. The number of nitrogens with two attached hydrogens (primary N) is 1. The first-order valence-electron chi connectivity index (χ1n) is 7.39. The maximum absolute atomic E-state index is 13.2. The highest BCUT2D eigenvalue weighted by Crippen LogP contribution is 2.32. The fraction of sp³-hybridized carbons (Fsp3) is 0.562. The Hall–Kier alpha value is -1.42. The number of nitrogens with zero attached hydrogens (tertiary/aromatic N) is 1. The molecule has 20 heavy (non-hydrogen) atoms. The predicted octanol–water partition coefficient (Wildman–Crippen LogP) is 2.55. The molecule has 0 aromatic heterocycles. The molecule has 0 bridgehead atoms. The number of halogens is 1. The van der Waals surface area contributed by atoms with Crippen LogP contribution < -0.4 is 5.73 Å². The van der Waals surface area contributed by atoms with Crippen LogP contribution in [-0.2, 0) is 11.3 Å². The molecule has 0 aliphatic heterocycles. The van der Waals surface area contributed by atoms with Crippen molar-refractivity contribution >= 4 is 5.91 Å². The van der Waals surface area contributed by atoms with Crippen molar-refractivity contribution in [3.63, 3.8) is 0 Å². The second-order valence-corrected chi connectivity index (χ2v) is 5.52. The smallest absolute Gasteiger partial charge is 0.226 e. The molecule has 1 aliphatic carbocycles. The third-order valence-corrected chi connectivity index (χ3v) is 4.23. The molecule has 4 heteroatoms. The SMILES string of the molecule is CCN(Cc1cccc(F)c1)C(=O)[C@@H]1CCC[C@@H]1CN. The zero-order chi connectivity index (χ0) is 14.5. The van der Waals surface area contributed by atoms with E-state index in [1.165, 1.54) is 12.1 Å². The third kappa shape index (κ3) is 3.37. The summed E-state index contributed by atoms with van der Waals surface area (Å²) in [6.45, 7) is 3.65. The van der Waals surface area contributed by atoms with E-state index in [0.29, 0.717) is 25.6 Å². The standard InChI is InChI=1S/C16H23FN2O/c1-2-19(11-12-5-3-7-14(17)9-12)16(20)15-8-4-6-13(15)10-18/h3,5,7,9,13,15H,2,4,6,8,10-11,18H2,1H3/t13-,15-/m1/s1. The highest BCUT2D eigenvalue weighted by Gasteiger charge is 2.34. The van der Waals surface area contributed by atoms with Gasteiger partial charge in [0.1, 0.15) is 5.82 Å². The van der Waals surface area contributed by atoms with E-state index in [2.05, 4.69) is 0 Å². The molecule has 1 fully saturated rings. The zero-order valence-corrected chi connectivity index (χ0v) is 12.0. The topological polar surface area (TPSA) is 46.3 Å². The fourth-order valence-electron chi connectivity index (χ4n) is 3.08. The fourth-order valence-corrected chi connectivity index (χ4v) is 3.08. The number of amides is 1. The molecule has 110 valence electrons. The summed E-state index contributed by atoms with van der Waals surface area (Å²) in [5, 5.41) is 0. The first-order chi connectivity index (χ1) is 9.65. The average molecular weight is 278 g/mol. The van der Waals surface area contributed by atoms with Crippen LogP contribution in [-0.4, -0.2) is 23.9 Å². The number of carbonyl (C=O) groups is 1. The lowest BCUT2D eigenvalue weighted by Crippen LogP contribution is -2.38. The molecular formula is C16H23FN2O. The van der Waals surface area contributed by atoms with Crippen LogP contribution in [0.1, 0.15) is 31.7 Å². The molecule has 1 amide bonds. The summed E-state index contributed by atoms with van der Waals surface area (Å²) in [6.07, 6.45) is 3.06. The molecule has 2 rings (SSSR count). The van der Waals surface area contributed by atoms with Crippen molar-refractivity contribution in [2.45, 2.75) is 32.7 Å². The highest BCUT2D eigenvalue weighted by molar-refractivity contribution is 5.79. The third-order valence-electron chi connectivity index (χ3n) is 4.23. The van der Waals surface area contributed by atoms with Gasteiger partial charge in [0, 0.05) is 19.0 Å². The minimum absolute atomic E-state index is 0.0495. The van der Waals surface area contributed by atoms with Gasteiger partial charge < -0.3 is 10.6 Å².